The number of Topliss-reactive ketones (excluding diaryl/α,β-unsaturated/α-hetero) is 1. The van der Waals surface area contributed by atoms with E-state index >= 15 is 0 Å². The molecule has 80 valence electrons. The van der Waals surface area contributed by atoms with Gasteiger partial charge in [-0.05, 0) is 13.8 Å². The van der Waals surface area contributed by atoms with Crippen molar-refractivity contribution in [2.24, 2.45) is 0 Å². The molecule has 0 bridgehead atoms. The van der Waals surface area contributed by atoms with Crippen LogP contribution < -0.4 is 0 Å². The topological polar surface area (TPSA) is 46.6 Å². The number of carbonyl (C=O) groups excluding carboxylic acids is 2. The van der Waals surface area contributed by atoms with E-state index in [1.807, 2.05) is 13.8 Å². The van der Waals surface area contributed by atoms with Crippen LogP contribution in [0.5, 0.6) is 0 Å². The van der Waals surface area contributed by atoms with Gasteiger partial charge in [-0.2, -0.15) is 0 Å². The van der Waals surface area contributed by atoms with E-state index in [2.05, 4.69) is 0 Å². The zero-order chi connectivity index (χ0) is 10.8. The molecule has 0 unspecified atom stereocenters. The Labute approximate surface area is 84.2 Å². The lowest BCUT2D eigenvalue weighted by Crippen LogP contribution is -2.47. The largest absolute Gasteiger partial charge is 0.377 e. The molecule has 0 atom stereocenters. The van der Waals surface area contributed by atoms with Crippen molar-refractivity contribution in [1.29, 1.82) is 0 Å². The number of piperidine rings is 1. The zero-order valence-corrected chi connectivity index (χ0v) is 9.00. The molecule has 0 aromatic rings. The Morgan fingerprint density at radius 3 is 2.57 bits per heavy atom. The third kappa shape index (κ3) is 2.80. The summed E-state index contributed by atoms with van der Waals surface area (Å²) >= 11 is 0. The molecule has 1 heterocycles. The van der Waals surface area contributed by atoms with E-state index in [1.165, 1.54) is 0 Å². The minimum Gasteiger partial charge on any atom is -0.377 e. The standard InChI is InChI=1S/C10H17NO3/c1-10(2,14-3)7-11-5-4-8(12)6-9(11)13/h4-7H2,1-3H3. The predicted octanol–water partition coefficient (Wildman–Crippen LogP) is 0.603. The average molecular weight is 199 g/mol. The third-order valence-corrected chi connectivity index (χ3v) is 2.49. The predicted molar refractivity (Wildman–Crippen MR) is 51.9 cm³/mol. The highest BCUT2D eigenvalue weighted by molar-refractivity contribution is 6.00. The fourth-order valence-corrected chi connectivity index (χ4v) is 1.44. The van der Waals surface area contributed by atoms with E-state index in [0.29, 0.717) is 19.5 Å². The van der Waals surface area contributed by atoms with Gasteiger partial charge in [-0.25, -0.2) is 0 Å². The number of methoxy groups -OCH3 is 1. The van der Waals surface area contributed by atoms with Gasteiger partial charge in [0.2, 0.25) is 5.91 Å². The second kappa shape index (κ2) is 4.09. The molecule has 0 saturated carbocycles. The molecule has 0 aromatic carbocycles. The van der Waals surface area contributed by atoms with Gasteiger partial charge in [-0.1, -0.05) is 0 Å². The average Bonchev–Trinajstić information content (AvgIpc) is 2.10. The molecule has 4 heteroatoms. The van der Waals surface area contributed by atoms with Gasteiger partial charge in [-0.15, -0.1) is 0 Å². The monoisotopic (exact) mass is 199 g/mol. The maximum atomic E-state index is 11.4. The molecule has 1 amide bonds. The van der Waals surface area contributed by atoms with E-state index in [4.69, 9.17) is 4.74 Å². The van der Waals surface area contributed by atoms with E-state index in [1.54, 1.807) is 12.0 Å². The van der Waals surface area contributed by atoms with Gasteiger partial charge in [0.05, 0.1) is 12.0 Å². The number of likely N-dealkylation sites (tertiary alicyclic amines) is 1. The molecule has 1 fully saturated rings. The molecule has 14 heavy (non-hydrogen) atoms. The highest BCUT2D eigenvalue weighted by atomic mass is 16.5. The van der Waals surface area contributed by atoms with Crippen LogP contribution in [0.3, 0.4) is 0 Å². The van der Waals surface area contributed by atoms with Gasteiger partial charge in [0.15, 0.2) is 0 Å². The van der Waals surface area contributed by atoms with Crippen molar-refractivity contribution in [3.05, 3.63) is 0 Å². The number of carbonyl (C=O) groups is 2. The molecule has 0 aromatic heterocycles. The summed E-state index contributed by atoms with van der Waals surface area (Å²) in [6.07, 6.45) is 0.533. The van der Waals surface area contributed by atoms with Crippen LogP contribution >= 0.6 is 0 Å². The Kier molecular flexibility index (Phi) is 3.26. The first-order chi connectivity index (χ1) is 6.44. The van der Waals surface area contributed by atoms with Crippen LogP contribution in [0.15, 0.2) is 0 Å². The van der Waals surface area contributed by atoms with Crippen LogP contribution in [0.25, 0.3) is 0 Å². The number of hydrogen-bond acceptors (Lipinski definition) is 3. The number of hydrogen-bond donors (Lipinski definition) is 0. The summed E-state index contributed by atoms with van der Waals surface area (Å²) in [4.78, 5) is 24.1. The van der Waals surface area contributed by atoms with Gasteiger partial charge in [-0.3, -0.25) is 9.59 Å². The second-order valence-electron chi connectivity index (χ2n) is 4.24. The quantitative estimate of drug-likeness (QED) is 0.625. The number of ether oxygens (including phenoxy) is 1. The molecule has 0 radical (unpaired) electrons. The van der Waals surface area contributed by atoms with Crippen LogP contribution in [-0.2, 0) is 14.3 Å². The first kappa shape index (κ1) is 11.2. The first-order valence-corrected chi connectivity index (χ1v) is 4.79. The second-order valence-corrected chi connectivity index (χ2v) is 4.24. The fourth-order valence-electron chi connectivity index (χ4n) is 1.44. The highest BCUT2D eigenvalue weighted by Crippen LogP contribution is 2.14. The first-order valence-electron chi connectivity index (χ1n) is 4.79. The molecule has 1 aliphatic heterocycles. The molecule has 1 aliphatic rings. The smallest absolute Gasteiger partial charge is 0.230 e. The molecule has 1 rings (SSSR count). The number of nitrogens with zero attached hydrogens (tertiary/aromatic N) is 1. The molecular weight excluding hydrogens is 182 g/mol. The Hall–Kier alpha value is -0.900. The van der Waals surface area contributed by atoms with E-state index in [9.17, 15) is 9.59 Å². The van der Waals surface area contributed by atoms with Crippen molar-refractivity contribution < 1.29 is 14.3 Å². The lowest BCUT2D eigenvalue weighted by Gasteiger charge is -2.33. The van der Waals surface area contributed by atoms with Crippen molar-refractivity contribution in [3.63, 3.8) is 0 Å². The van der Waals surface area contributed by atoms with E-state index in [0.717, 1.165) is 0 Å². The summed E-state index contributed by atoms with van der Waals surface area (Å²) in [6, 6.07) is 0. The molecule has 0 spiro atoms. The SMILES string of the molecule is COC(C)(C)CN1CCC(=O)CC1=O. The molecule has 0 aliphatic carbocycles. The fraction of sp³-hybridized carbons (Fsp3) is 0.800. The molecule has 1 saturated heterocycles. The zero-order valence-electron chi connectivity index (χ0n) is 9.00. The Bertz CT molecular complexity index is 248. The summed E-state index contributed by atoms with van der Waals surface area (Å²) in [7, 11) is 1.62. The minimum atomic E-state index is -0.337. The van der Waals surface area contributed by atoms with Crippen LogP contribution in [0, 0.1) is 0 Å². The van der Waals surface area contributed by atoms with Gasteiger partial charge < -0.3 is 9.64 Å². The third-order valence-electron chi connectivity index (χ3n) is 2.49. The summed E-state index contributed by atoms with van der Waals surface area (Å²) in [5.74, 6) is -0.0344. The maximum Gasteiger partial charge on any atom is 0.230 e. The lowest BCUT2D eigenvalue weighted by atomic mass is 10.0. The van der Waals surface area contributed by atoms with Gasteiger partial charge in [0.1, 0.15) is 5.78 Å². The van der Waals surface area contributed by atoms with Crippen molar-refractivity contribution in [2.75, 3.05) is 20.2 Å². The summed E-state index contributed by atoms with van der Waals surface area (Å²) in [5, 5.41) is 0. The van der Waals surface area contributed by atoms with E-state index in [-0.39, 0.29) is 23.7 Å². The van der Waals surface area contributed by atoms with E-state index < -0.39 is 0 Å². The van der Waals surface area contributed by atoms with Gasteiger partial charge in [0, 0.05) is 26.6 Å². The lowest BCUT2D eigenvalue weighted by molar-refractivity contribution is -0.142. The Morgan fingerprint density at radius 1 is 1.43 bits per heavy atom. The Morgan fingerprint density at radius 2 is 2.07 bits per heavy atom. The van der Waals surface area contributed by atoms with Crippen molar-refractivity contribution in [1.82, 2.24) is 4.90 Å². The summed E-state index contributed by atoms with van der Waals surface area (Å²) < 4.78 is 5.24. The van der Waals surface area contributed by atoms with Crippen molar-refractivity contribution >= 4 is 11.7 Å². The van der Waals surface area contributed by atoms with Gasteiger partial charge >= 0.3 is 0 Å². The number of rotatable bonds is 3. The summed E-state index contributed by atoms with van der Waals surface area (Å²) in [5.41, 5.74) is -0.337. The normalized spacial score (nSPS) is 18.9. The Balaban J connectivity index is 2.53. The van der Waals surface area contributed by atoms with Crippen molar-refractivity contribution in [2.45, 2.75) is 32.3 Å². The van der Waals surface area contributed by atoms with Crippen LogP contribution in [0.2, 0.25) is 0 Å². The minimum absolute atomic E-state index is 0.0430. The summed E-state index contributed by atoms with van der Waals surface area (Å²) in [6.45, 7) is 4.94. The van der Waals surface area contributed by atoms with Gasteiger partial charge in [0.25, 0.3) is 0 Å². The number of amides is 1. The van der Waals surface area contributed by atoms with Crippen LogP contribution in [0.4, 0.5) is 0 Å². The molecule has 4 nitrogen and oxygen atoms in total. The molecular formula is C10H17NO3. The highest BCUT2D eigenvalue weighted by Gasteiger charge is 2.28. The van der Waals surface area contributed by atoms with Crippen molar-refractivity contribution in [3.8, 4) is 0 Å². The molecule has 0 N–H and O–H groups in total. The number of ketones is 1. The maximum absolute atomic E-state index is 11.4. The van der Waals surface area contributed by atoms with Crippen LogP contribution in [0.1, 0.15) is 26.7 Å². The van der Waals surface area contributed by atoms with Crippen LogP contribution in [-0.4, -0.2) is 42.4 Å².